The first-order valence-corrected chi connectivity index (χ1v) is 7.71. The Balaban J connectivity index is 1.89. The Bertz CT molecular complexity index is 587. The van der Waals surface area contributed by atoms with E-state index in [9.17, 15) is 0 Å². The van der Waals surface area contributed by atoms with Crippen LogP contribution in [0.5, 0.6) is 0 Å². The molecule has 0 amide bonds. The molecule has 3 nitrogen and oxygen atoms in total. The van der Waals surface area contributed by atoms with E-state index in [1.165, 1.54) is 24.1 Å². The van der Waals surface area contributed by atoms with E-state index in [0.29, 0.717) is 5.92 Å². The number of nitrogens with one attached hydrogen (secondary N) is 1. The van der Waals surface area contributed by atoms with Crippen molar-refractivity contribution in [2.45, 2.75) is 38.6 Å². The van der Waals surface area contributed by atoms with Crippen LogP contribution >= 0.6 is 11.6 Å². The molecule has 1 heterocycles. The molecule has 20 heavy (non-hydrogen) atoms. The molecule has 1 saturated carbocycles. The van der Waals surface area contributed by atoms with E-state index in [2.05, 4.69) is 24.4 Å². The van der Waals surface area contributed by atoms with Crippen LogP contribution in [0.1, 0.15) is 43.4 Å². The monoisotopic (exact) mass is 289 g/mol. The second-order valence-electron chi connectivity index (χ2n) is 5.38. The molecule has 1 aliphatic carbocycles. The minimum Gasteiger partial charge on any atom is -0.313 e. The molecular weight excluding hydrogens is 270 g/mol. The third-order valence-corrected chi connectivity index (χ3v) is 3.95. The van der Waals surface area contributed by atoms with Crippen LogP contribution in [0.2, 0.25) is 5.02 Å². The lowest BCUT2D eigenvalue weighted by Crippen LogP contribution is -2.16. The van der Waals surface area contributed by atoms with Crippen LogP contribution in [0.3, 0.4) is 0 Å². The summed E-state index contributed by atoms with van der Waals surface area (Å²) in [6.45, 7) is 4.00. The quantitative estimate of drug-likeness (QED) is 0.817. The average Bonchev–Trinajstić information content (AvgIpc) is 3.18. The highest BCUT2D eigenvalue weighted by Crippen LogP contribution is 2.39. The molecule has 0 spiro atoms. The first-order chi connectivity index (χ1) is 9.79. The van der Waals surface area contributed by atoms with Crippen molar-refractivity contribution in [3.8, 4) is 5.69 Å². The summed E-state index contributed by atoms with van der Waals surface area (Å²) in [6.07, 6.45) is 5.69. The van der Waals surface area contributed by atoms with Gasteiger partial charge in [0.2, 0.25) is 0 Å². The molecule has 1 aromatic carbocycles. The molecule has 1 fully saturated rings. The molecule has 1 N–H and O–H groups in total. The van der Waals surface area contributed by atoms with Gasteiger partial charge in [0.25, 0.3) is 0 Å². The van der Waals surface area contributed by atoms with E-state index < -0.39 is 0 Å². The Morgan fingerprint density at radius 3 is 2.95 bits per heavy atom. The van der Waals surface area contributed by atoms with Crippen molar-refractivity contribution in [2.24, 2.45) is 0 Å². The standard InChI is InChI=1S/C16H20ClN3/c1-2-9-18-11-13-4-3-5-14(17)16(13)20-10-8-15(19-20)12-6-7-12/h3-5,8,10,12,18H,2,6-7,9,11H2,1H3. The van der Waals surface area contributed by atoms with Gasteiger partial charge in [-0.15, -0.1) is 0 Å². The van der Waals surface area contributed by atoms with Crippen LogP contribution in [0.15, 0.2) is 30.5 Å². The Kier molecular flexibility index (Phi) is 4.08. The maximum atomic E-state index is 6.39. The van der Waals surface area contributed by atoms with Crippen LogP contribution in [0, 0.1) is 0 Å². The van der Waals surface area contributed by atoms with Crippen molar-refractivity contribution in [1.82, 2.24) is 15.1 Å². The first-order valence-electron chi connectivity index (χ1n) is 7.33. The molecule has 0 bridgehead atoms. The highest BCUT2D eigenvalue weighted by molar-refractivity contribution is 6.32. The fourth-order valence-corrected chi connectivity index (χ4v) is 2.70. The largest absolute Gasteiger partial charge is 0.313 e. The lowest BCUT2D eigenvalue weighted by Gasteiger charge is -2.12. The molecule has 0 atom stereocenters. The van der Waals surface area contributed by atoms with Gasteiger partial charge in [-0.1, -0.05) is 30.7 Å². The van der Waals surface area contributed by atoms with Crippen molar-refractivity contribution in [2.75, 3.05) is 6.54 Å². The van der Waals surface area contributed by atoms with Crippen molar-refractivity contribution in [3.63, 3.8) is 0 Å². The predicted octanol–water partition coefficient (Wildman–Crippen LogP) is 3.90. The summed E-state index contributed by atoms with van der Waals surface area (Å²) in [7, 11) is 0. The number of rotatable bonds is 6. The summed E-state index contributed by atoms with van der Waals surface area (Å²) in [5.74, 6) is 0.667. The summed E-state index contributed by atoms with van der Waals surface area (Å²) < 4.78 is 1.93. The van der Waals surface area contributed by atoms with Gasteiger partial charge >= 0.3 is 0 Å². The topological polar surface area (TPSA) is 29.9 Å². The number of para-hydroxylation sites is 1. The van der Waals surface area contributed by atoms with Crippen LogP contribution in [0.4, 0.5) is 0 Å². The maximum Gasteiger partial charge on any atom is 0.0876 e. The van der Waals surface area contributed by atoms with Gasteiger partial charge in [-0.2, -0.15) is 5.10 Å². The van der Waals surface area contributed by atoms with Gasteiger partial charge in [-0.05, 0) is 43.5 Å². The van der Waals surface area contributed by atoms with Crippen molar-refractivity contribution >= 4 is 11.6 Å². The average molecular weight is 290 g/mol. The van der Waals surface area contributed by atoms with Gasteiger partial charge in [0.15, 0.2) is 0 Å². The number of aromatic nitrogens is 2. The molecule has 0 radical (unpaired) electrons. The molecule has 3 rings (SSSR count). The van der Waals surface area contributed by atoms with Gasteiger partial charge in [0.1, 0.15) is 0 Å². The normalized spacial score (nSPS) is 14.7. The fraction of sp³-hybridized carbons (Fsp3) is 0.438. The third kappa shape index (κ3) is 2.89. The minimum atomic E-state index is 0.667. The molecule has 0 saturated heterocycles. The zero-order chi connectivity index (χ0) is 13.9. The Morgan fingerprint density at radius 2 is 2.20 bits per heavy atom. The summed E-state index contributed by atoms with van der Waals surface area (Å²) in [5, 5.41) is 8.88. The second kappa shape index (κ2) is 5.98. The second-order valence-corrected chi connectivity index (χ2v) is 5.79. The molecular formula is C16H20ClN3. The number of nitrogens with zero attached hydrogens (tertiary/aromatic N) is 2. The van der Waals surface area contributed by atoms with E-state index in [1.807, 2.05) is 23.0 Å². The minimum absolute atomic E-state index is 0.667. The molecule has 106 valence electrons. The van der Waals surface area contributed by atoms with Gasteiger partial charge in [-0.3, -0.25) is 0 Å². The number of hydrogen-bond donors (Lipinski definition) is 1. The van der Waals surface area contributed by atoms with Crippen LogP contribution in [-0.2, 0) is 6.54 Å². The highest BCUT2D eigenvalue weighted by Gasteiger charge is 2.26. The van der Waals surface area contributed by atoms with Crippen molar-refractivity contribution in [1.29, 1.82) is 0 Å². The van der Waals surface area contributed by atoms with Crippen LogP contribution < -0.4 is 5.32 Å². The Morgan fingerprint density at radius 1 is 1.35 bits per heavy atom. The summed E-state index contributed by atoms with van der Waals surface area (Å²) >= 11 is 6.39. The number of benzene rings is 1. The molecule has 0 aliphatic heterocycles. The summed E-state index contributed by atoms with van der Waals surface area (Å²) in [6, 6.07) is 8.16. The van der Waals surface area contributed by atoms with E-state index in [4.69, 9.17) is 16.7 Å². The van der Waals surface area contributed by atoms with Gasteiger partial charge in [0.05, 0.1) is 16.4 Å². The number of halogens is 1. The zero-order valence-corrected chi connectivity index (χ0v) is 12.5. The third-order valence-electron chi connectivity index (χ3n) is 3.65. The van der Waals surface area contributed by atoms with Gasteiger partial charge < -0.3 is 5.32 Å². The smallest absolute Gasteiger partial charge is 0.0876 e. The molecule has 1 aromatic heterocycles. The lowest BCUT2D eigenvalue weighted by molar-refractivity contribution is 0.669. The van der Waals surface area contributed by atoms with E-state index in [0.717, 1.165) is 30.2 Å². The van der Waals surface area contributed by atoms with E-state index in [1.54, 1.807) is 0 Å². The summed E-state index contributed by atoms with van der Waals surface area (Å²) in [4.78, 5) is 0. The summed E-state index contributed by atoms with van der Waals surface area (Å²) in [5.41, 5.74) is 3.39. The highest BCUT2D eigenvalue weighted by atomic mass is 35.5. The van der Waals surface area contributed by atoms with Gasteiger partial charge in [0, 0.05) is 18.7 Å². The van der Waals surface area contributed by atoms with Crippen molar-refractivity contribution < 1.29 is 0 Å². The van der Waals surface area contributed by atoms with Crippen LogP contribution in [0.25, 0.3) is 5.69 Å². The Labute approximate surface area is 124 Å². The zero-order valence-electron chi connectivity index (χ0n) is 11.8. The molecule has 0 unspecified atom stereocenters. The molecule has 4 heteroatoms. The molecule has 2 aromatic rings. The maximum absolute atomic E-state index is 6.39. The number of hydrogen-bond acceptors (Lipinski definition) is 2. The predicted molar refractivity (Wildman–Crippen MR) is 82.5 cm³/mol. The van der Waals surface area contributed by atoms with E-state index >= 15 is 0 Å². The Hall–Kier alpha value is -1.32. The fourth-order valence-electron chi connectivity index (χ4n) is 2.42. The lowest BCUT2D eigenvalue weighted by atomic mass is 10.1. The first kappa shape index (κ1) is 13.7. The molecule has 1 aliphatic rings. The van der Waals surface area contributed by atoms with E-state index in [-0.39, 0.29) is 0 Å². The SMILES string of the molecule is CCCNCc1cccc(Cl)c1-n1ccc(C2CC2)n1. The van der Waals surface area contributed by atoms with Crippen molar-refractivity contribution in [3.05, 3.63) is 46.7 Å². The van der Waals surface area contributed by atoms with Crippen LogP contribution in [-0.4, -0.2) is 16.3 Å². The van der Waals surface area contributed by atoms with Gasteiger partial charge in [-0.25, -0.2) is 4.68 Å².